The number of benzene rings is 1. The standard InChI is InChI=1S/C15H18N2O3/c1-10-14(15(18)19)8-13(20-10)9-16-11-4-6-12(7-5-11)17(2)3/h4-8,16H,9H2,1-3H3,(H,18,19). The second-order valence-electron chi connectivity index (χ2n) is 4.78. The highest BCUT2D eigenvalue weighted by molar-refractivity contribution is 5.88. The van der Waals surface area contributed by atoms with Crippen molar-refractivity contribution >= 4 is 17.3 Å². The van der Waals surface area contributed by atoms with Crippen LogP contribution in [-0.2, 0) is 6.54 Å². The van der Waals surface area contributed by atoms with Crippen molar-refractivity contribution in [3.05, 3.63) is 47.4 Å². The zero-order valence-electron chi connectivity index (χ0n) is 11.8. The van der Waals surface area contributed by atoms with Gasteiger partial charge in [-0.3, -0.25) is 0 Å². The van der Waals surface area contributed by atoms with Crippen molar-refractivity contribution in [1.82, 2.24) is 0 Å². The lowest BCUT2D eigenvalue weighted by atomic mass is 10.2. The molecule has 0 amide bonds. The molecular weight excluding hydrogens is 256 g/mol. The first-order valence-corrected chi connectivity index (χ1v) is 6.31. The fourth-order valence-electron chi connectivity index (χ4n) is 1.91. The summed E-state index contributed by atoms with van der Waals surface area (Å²) in [4.78, 5) is 13.0. The summed E-state index contributed by atoms with van der Waals surface area (Å²) in [5, 5.41) is 12.2. The molecule has 0 spiro atoms. The fraction of sp³-hybridized carbons (Fsp3) is 0.267. The van der Waals surface area contributed by atoms with Gasteiger partial charge >= 0.3 is 5.97 Å². The normalized spacial score (nSPS) is 10.3. The minimum Gasteiger partial charge on any atom is -0.478 e. The minimum absolute atomic E-state index is 0.213. The van der Waals surface area contributed by atoms with Gasteiger partial charge in [0.15, 0.2) is 0 Å². The monoisotopic (exact) mass is 274 g/mol. The van der Waals surface area contributed by atoms with Crippen LogP contribution in [0.4, 0.5) is 11.4 Å². The molecule has 0 aliphatic rings. The molecule has 2 N–H and O–H groups in total. The molecule has 0 aliphatic carbocycles. The van der Waals surface area contributed by atoms with Crippen molar-refractivity contribution in [3.63, 3.8) is 0 Å². The van der Waals surface area contributed by atoms with Crippen LogP contribution in [0.25, 0.3) is 0 Å². The summed E-state index contributed by atoms with van der Waals surface area (Å²) < 4.78 is 5.41. The quantitative estimate of drug-likeness (QED) is 0.877. The molecule has 0 fully saturated rings. The highest BCUT2D eigenvalue weighted by Gasteiger charge is 2.13. The Morgan fingerprint density at radius 2 is 1.95 bits per heavy atom. The van der Waals surface area contributed by atoms with Gasteiger partial charge in [-0.1, -0.05) is 0 Å². The Hall–Kier alpha value is -2.43. The Morgan fingerprint density at radius 1 is 1.30 bits per heavy atom. The highest BCUT2D eigenvalue weighted by atomic mass is 16.4. The Labute approximate surface area is 117 Å². The summed E-state index contributed by atoms with van der Waals surface area (Å²) in [6.45, 7) is 2.11. The number of carboxylic acid groups (broad SMARTS) is 1. The van der Waals surface area contributed by atoms with Crippen LogP contribution in [0.3, 0.4) is 0 Å². The van der Waals surface area contributed by atoms with Gasteiger partial charge in [0.2, 0.25) is 0 Å². The molecule has 0 aliphatic heterocycles. The second kappa shape index (κ2) is 5.69. The lowest BCUT2D eigenvalue weighted by Gasteiger charge is -2.13. The topological polar surface area (TPSA) is 65.7 Å². The maximum absolute atomic E-state index is 10.9. The van der Waals surface area contributed by atoms with Crippen LogP contribution in [-0.4, -0.2) is 25.2 Å². The van der Waals surface area contributed by atoms with Gasteiger partial charge in [0, 0.05) is 25.5 Å². The van der Waals surface area contributed by atoms with Crippen molar-refractivity contribution in [3.8, 4) is 0 Å². The number of hydrogen-bond acceptors (Lipinski definition) is 4. The van der Waals surface area contributed by atoms with E-state index in [0.29, 0.717) is 18.1 Å². The third-order valence-electron chi connectivity index (χ3n) is 3.05. The number of anilines is 2. The van der Waals surface area contributed by atoms with Crippen LogP contribution < -0.4 is 10.2 Å². The first-order chi connectivity index (χ1) is 9.47. The van der Waals surface area contributed by atoms with Crippen molar-refractivity contribution in [2.45, 2.75) is 13.5 Å². The smallest absolute Gasteiger partial charge is 0.339 e. The number of carboxylic acids is 1. The summed E-state index contributed by atoms with van der Waals surface area (Å²) in [6.07, 6.45) is 0. The summed E-state index contributed by atoms with van der Waals surface area (Å²) in [5.41, 5.74) is 2.30. The van der Waals surface area contributed by atoms with E-state index < -0.39 is 5.97 Å². The summed E-state index contributed by atoms with van der Waals surface area (Å²) in [7, 11) is 3.98. The minimum atomic E-state index is -0.965. The van der Waals surface area contributed by atoms with Gasteiger partial charge in [0.05, 0.1) is 6.54 Å². The Morgan fingerprint density at radius 3 is 2.45 bits per heavy atom. The molecule has 1 aromatic heterocycles. The zero-order chi connectivity index (χ0) is 14.7. The Balaban J connectivity index is 2.01. The molecule has 0 bridgehead atoms. The molecule has 0 radical (unpaired) electrons. The van der Waals surface area contributed by atoms with Crippen LogP contribution in [0.5, 0.6) is 0 Å². The van der Waals surface area contributed by atoms with Crippen molar-refractivity contribution in [1.29, 1.82) is 0 Å². The molecule has 1 aromatic carbocycles. The fourth-order valence-corrected chi connectivity index (χ4v) is 1.91. The van der Waals surface area contributed by atoms with Gasteiger partial charge in [0.25, 0.3) is 0 Å². The Bertz CT molecular complexity index is 600. The maximum atomic E-state index is 10.9. The van der Waals surface area contributed by atoms with Crippen LogP contribution in [0, 0.1) is 6.92 Å². The second-order valence-corrected chi connectivity index (χ2v) is 4.78. The van der Waals surface area contributed by atoms with E-state index in [1.54, 1.807) is 13.0 Å². The lowest BCUT2D eigenvalue weighted by Crippen LogP contribution is -2.08. The zero-order valence-corrected chi connectivity index (χ0v) is 11.8. The van der Waals surface area contributed by atoms with E-state index in [1.165, 1.54) is 0 Å². The third kappa shape index (κ3) is 3.12. The van der Waals surface area contributed by atoms with Crippen molar-refractivity contribution in [2.75, 3.05) is 24.3 Å². The van der Waals surface area contributed by atoms with E-state index in [1.807, 2.05) is 43.3 Å². The van der Waals surface area contributed by atoms with Gasteiger partial charge in [-0.25, -0.2) is 4.79 Å². The largest absolute Gasteiger partial charge is 0.478 e. The molecule has 5 heteroatoms. The number of nitrogens with zero attached hydrogens (tertiary/aromatic N) is 1. The Kier molecular flexibility index (Phi) is 3.98. The molecular formula is C15H18N2O3. The number of nitrogens with one attached hydrogen (secondary N) is 1. The molecule has 0 unspecified atom stereocenters. The summed E-state index contributed by atoms with van der Waals surface area (Å²) >= 11 is 0. The molecule has 20 heavy (non-hydrogen) atoms. The maximum Gasteiger partial charge on any atom is 0.339 e. The number of aryl methyl sites for hydroxylation is 1. The number of aromatic carboxylic acids is 1. The van der Waals surface area contributed by atoms with Gasteiger partial charge < -0.3 is 19.7 Å². The van der Waals surface area contributed by atoms with E-state index in [9.17, 15) is 4.79 Å². The van der Waals surface area contributed by atoms with Gasteiger partial charge in [-0.05, 0) is 37.3 Å². The summed E-state index contributed by atoms with van der Waals surface area (Å²) in [6, 6.07) is 9.53. The predicted octanol–water partition coefficient (Wildman–Crippen LogP) is 2.96. The molecule has 2 rings (SSSR count). The van der Waals surface area contributed by atoms with Gasteiger partial charge in [0.1, 0.15) is 17.1 Å². The van der Waals surface area contributed by atoms with E-state index in [4.69, 9.17) is 9.52 Å². The number of hydrogen-bond donors (Lipinski definition) is 2. The highest BCUT2D eigenvalue weighted by Crippen LogP contribution is 2.18. The van der Waals surface area contributed by atoms with Crippen LogP contribution in [0.1, 0.15) is 21.9 Å². The lowest BCUT2D eigenvalue weighted by molar-refractivity contribution is 0.0695. The number of carbonyl (C=O) groups is 1. The van der Waals surface area contributed by atoms with Crippen LogP contribution >= 0.6 is 0 Å². The first kappa shape index (κ1) is 14.0. The average molecular weight is 274 g/mol. The molecule has 5 nitrogen and oxygen atoms in total. The molecule has 0 saturated carbocycles. The number of furan rings is 1. The van der Waals surface area contributed by atoms with Crippen molar-refractivity contribution < 1.29 is 14.3 Å². The van der Waals surface area contributed by atoms with E-state index in [0.717, 1.165) is 11.4 Å². The van der Waals surface area contributed by atoms with E-state index in [2.05, 4.69) is 5.32 Å². The van der Waals surface area contributed by atoms with Crippen LogP contribution in [0.15, 0.2) is 34.7 Å². The SMILES string of the molecule is Cc1oc(CNc2ccc(N(C)C)cc2)cc1C(=O)O. The average Bonchev–Trinajstić information content (AvgIpc) is 2.78. The molecule has 0 atom stereocenters. The molecule has 0 saturated heterocycles. The molecule has 2 aromatic rings. The van der Waals surface area contributed by atoms with Crippen LogP contribution in [0.2, 0.25) is 0 Å². The van der Waals surface area contributed by atoms with E-state index >= 15 is 0 Å². The molecule has 106 valence electrons. The van der Waals surface area contributed by atoms with E-state index in [-0.39, 0.29) is 5.56 Å². The van der Waals surface area contributed by atoms with Gasteiger partial charge in [-0.15, -0.1) is 0 Å². The summed E-state index contributed by atoms with van der Waals surface area (Å²) in [5.74, 6) is 0.0710. The number of rotatable bonds is 5. The first-order valence-electron chi connectivity index (χ1n) is 6.31. The third-order valence-corrected chi connectivity index (χ3v) is 3.05. The van der Waals surface area contributed by atoms with Crippen molar-refractivity contribution in [2.24, 2.45) is 0 Å². The molecule has 1 heterocycles. The predicted molar refractivity (Wildman–Crippen MR) is 78.5 cm³/mol. The van der Waals surface area contributed by atoms with Gasteiger partial charge in [-0.2, -0.15) is 0 Å².